The number of benzene rings is 1. The zero-order chi connectivity index (χ0) is 14.1. The van der Waals surface area contributed by atoms with Crippen LogP contribution in [-0.4, -0.2) is 36.6 Å². The molecule has 4 nitrogen and oxygen atoms in total. The van der Waals surface area contributed by atoms with Gasteiger partial charge >= 0.3 is 0 Å². The van der Waals surface area contributed by atoms with Crippen molar-refractivity contribution < 1.29 is 9.53 Å². The lowest BCUT2D eigenvalue weighted by atomic mass is 10.2. The Morgan fingerprint density at radius 2 is 2.00 bits per heavy atom. The van der Waals surface area contributed by atoms with Gasteiger partial charge in [-0.1, -0.05) is 30.3 Å². The van der Waals surface area contributed by atoms with Crippen molar-refractivity contribution in [1.29, 1.82) is 0 Å². The van der Waals surface area contributed by atoms with Crippen molar-refractivity contribution in [3.05, 3.63) is 35.9 Å². The molecule has 1 aromatic rings. The fourth-order valence-corrected chi connectivity index (χ4v) is 1.93. The normalized spacial score (nSPS) is 11.6. The van der Waals surface area contributed by atoms with Crippen molar-refractivity contribution in [2.75, 3.05) is 19.7 Å². The molecule has 114 valence electrons. The van der Waals surface area contributed by atoms with Crippen LogP contribution in [0.25, 0.3) is 0 Å². The summed E-state index contributed by atoms with van der Waals surface area (Å²) in [5.74, 6) is 0.0270. The molecule has 0 saturated heterocycles. The lowest BCUT2D eigenvalue weighted by Crippen LogP contribution is -2.39. The lowest BCUT2D eigenvalue weighted by molar-refractivity contribution is -0.143. The van der Waals surface area contributed by atoms with Gasteiger partial charge in [0.25, 0.3) is 5.91 Å². The maximum Gasteiger partial charge on any atom is 0.251 e. The second kappa shape index (κ2) is 10.7. The maximum absolute atomic E-state index is 12.3. The summed E-state index contributed by atoms with van der Waals surface area (Å²) in [6.07, 6.45) is 0.406. The lowest BCUT2D eigenvalue weighted by Gasteiger charge is -2.25. The molecule has 20 heavy (non-hydrogen) atoms. The molecule has 1 rings (SSSR count). The number of rotatable bonds is 8. The topological polar surface area (TPSA) is 55.6 Å². The van der Waals surface area contributed by atoms with Gasteiger partial charge in [0.15, 0.2) is 0 Å². The molecule has 0 fully saturated rings. The van der Waals surface area contributed by atoms with Crippen LogP contribution in [-0.2, 0) is 16.1 Å². The van der Waals surface area contributed by atoms with E-state index in [1.54, 1.807) is 6.92 Å². The van der Waals surface area contributed by atoms with Gasteiger partial charge in [-0.3, -0.25) is 4.79 Å². The van der Waals surface area contributed by atoms with Crippen LogP contribution in [0.3, 0.4) is 0 Å². The first kappa shape index (κ1) is 18.9. The molecule has 0 aromatic heterocycles. The fourth-order valence-electron chi connectivity index (χ4n) is 1.93. The molecule has 0 spiro atoms. The molecule has 1 amide bonds. The molecule has 0 aliphatic carbocycles. The summed E-state index contributed by atoms with van der Waals surface area (Å²) >= 11 is 0. The highest BCUT2D eigenvalue weighted by Gasteiger charge is 2.20. The van der Waals surface area contributed by atoms with Crippen LogP contribution in [0.4, 0.5) is 0 Å². The molecule has 2 N–H and O–H groups in total. The number of carbonyl (C=O) groups excluding carboxylic acids is 1. The van der Waals surface area contributed by atoms with Crippen LogP contribution < -0.4 is 5.73 Å². The van der Waals surface area contributed by atoms with E-state index in [1.165, 1.54) is 0 Å². The molecule has 0 bridgehead atoms. The highest BCUT2D eigenvalue weighted by atomic mass is 35.5. The number of nitrogens with zero attached hydrogens (tertiary/aromatic N) is 1. The van der Waals surface area contributed by atoms with Crippen molar-refractivity contribution in [3.63, 3.8) is 0 Å². The molecular formula is C15H25ClN2O2. The number of hydrogen-bond donors (Lipinski definition) is 1. The Kier molecular flexibility index (Phi) is 10.1. The monoisotopic (exact) mass is 300 g/mol. The number of nitrogens with two attached hydrogens (primary N) is 1. The summed E-state index contributed by atoms with van der Waals surface area (Å²) in [4.78, 5) is 14.1. The summed E-state index contributed by atoms with van der Waals surface area (Å²) in [6.45, 7) is 6.10. The Labute approximate surface area is 127 Å². The first-order chi connectivity index (χ1) is 9.19. The van der Waals surface area contributed by atoms with E-state index in [9.17, 15) is 4.79 Å². The molecule has 0 aliphatic rings. The molecule has 1 unspecified atom stereocenters. The predicted molar refractivity (Wildman–Crippen MR) is 83.9 cm³/mol. The van der Waals surface area contributed by atoms with Crippen LogP contribution in [0.5, 0.6) is 0 Å². The maximum atomic E-state index is 12.3. The van der Waals surface area contributed by atoms with E-state index in [1.807, 2.05) is 42.2 Å². The number of amides is 1. The standard InChI is InChI=1S/C15H24N2O2.ClH/c1-3-19-13(2)15(18)17(11-7-10-16)12-14-8-5-4-6-9-14;/h4-6,8-9,13H,3,7,10-12,16H2,1-2H3;1H. The fraction of sp³-hybridized carbons (Fsp3) is 0.533. The zero-order valence-electron chi connectivity index (χ0n) is 12.2. The quantitative estimate of drug-likeness (QED) is 0.801. The second-order valence-corrected chi connectivity index (χ2v) is 4.49. The number of carbonyl (C=O) groups is 1. The van der Waals surface area contributed by atoms with Crippen LogP contribution in [0, 0.1) is 0 Å². The van der Waals surface area contributed by atoms with Crippen molar-refractivity contribution in [1.82, 2.24) is 4.90 Å². The van der Waals surface area contributed by atoms with E-state index in [-0.39, 0.29) is 18.3 Å². The Balaban J connectivity index is 0.00000361. The summed E-state index contributed by atoms with van der Waals surface area (Å²) < 4.78 is 5.38. The molecule has 0 radical (unpaired) electrons. The average Bonchev–Trinajstić information content (AvgIpc) is 2.44. The summed E-state index contributed by atoms with van der Waals surface area (Å²) in [6, 6.07) is 9.97. The van der Waals surface area contributed by atoms with Gasteiger partial charge in [0.2, 0.25) is 0 Å². The van der Waals surface area contributed by atoms with Gasteiger partial charge in [-0.25, -0.2) is 0 Å². The number of halogens is 1. The minimum absolute atomic E-state index is 0. The van der Waals surface area contributed by atoms with Gasteiger partial charge in [0, 0.05) is 19.7 Å². The van der Waals surface area contributed by atoms with E-state index in [0.29, 0.717) is 26.2 Å². The van der Waals surface area contributed by atoms with Gasteiger partial charge in [0.05, 0.1) is 0 Å². The highest BCUT2D eigenvalue weighted by Crippen LogP contribution is 2.08. The van der Waals surface area contributed by atoms with Crippen LogP contribution >= 0.6 is 12.4 Å². The number of ether oxygens (including phenoxy) is 1. The third kappa shape index (κ3) is 6.37. The van der Waals surface area contributed by atoms with E-state index >= 15 is 0 Å². The summed E-state index contributed by atoms with van der Waals surface area (Å²) in [5.41, 5.74) is 6.66. The minimum Gasteiger partial charge on any atom is -0.369 e. The van der Waals surface area contributed by atoms with E-state index in [0.717, 1.165) is 12.0 Å². The predicted octanol–water partition coefficient (Wildman–Crippen LogP) is 2.21. The SMILES string of the molecule is CCOC(C)C(=O)N(CCCN)Cc1ccccc1.Cl. The Morgan fingerprint density at radius 3 is 2.55 bits per heavy atom. The zero-order valence-corrected chi connectivity index (χ0v) is 13.1. The third-order valence-corrected chi connectivity index (χ3v) is 2.92. The van der Waals surface area contributed by atoms with Crippen molar-refractivity contribution >= 4 is 18.3 Å². The smallest absolute Gasteiger partial charge is 0.251 e. The largest absolute Gasteiger partial charge is 0.369 e. The first-order valence-electron chi connectivity index (χ1n) is 6.83. The number of hydrogen-bond acceptors (Lipinski definition) is 3. The summed E-state index contributed by atoms with van der Waals surface area (Å²) in [7, 11) is 0. The molecule has 1 aromatic carbocycles. The third-order valence-electron chi connectivity index (χ3n) is 2.92. The van der Waals surface area contributed by atoms with Crippen molar-refractivity contribution in [2.45, 2.75) is 32.9 Å². The molecule has 0 heterocycles. The molecular weight excluding hydrogens is 276 g/mol. The van der Waals surface area contributed by atoms with Crippen LogP contribution in [0.1, 0.15) is 25.8 Å². The average molecular weight is 301 g/mol. The van der Waals surface area contributed by atoms with Gasteiger partial charge in [-0.15, -0.1) is 12.4 Å². The van der Waals surface area contributed by atoms with E-state index < -0.39 is 6.10 Å². The van der Waals surface area contributed by atoms with Crippen LogP contribution in [0.2, 0.25) is 0 Å². The van der Waals surface area contributed by atoms with Crippen molar-refractivity contribution in [2.24, 2.45) is 5.73 Å². The Bertz CT molecular complexity index is 373. The minimum atomic E-state index is -0.397. The van der Waals surface area contributed by atoms with E-state index in [2.05, 4.69) is 0 Å². The molecule has 0 saturated carbocycles. The summed E-state index contributed by atoms with van der Waals surface area (Å²) in [5, 5.41) is 0. The van der Waals surface area contributed by atoms with Gasteiger partial charge in [-0.05, 0) is 32.4 Å². The second-order valence-electron chi connectivity index (χ2n) is 4.49. The van der Waals surface area contributed by atoms with Gasteiger partial charge in [-0.2, -0.15) is 0 Å². The van der Waals surface area contributed by atoms with Gasteiger partial charge < -0.3 is 15.4 Å². The van der Waals surface area contributed by atoms with Gasteiger partial charge in [0.1, 0.15) is 6.10 Å². The highest BCUT2D eigenvalue weighted by molar-refractivity contribution is 5.85. The molecule has 0 aliphatic heterocycles. The van der Waals surface area contributed by atoms with E-state index in [4.69, 9.17) is 10.5 Å². The van der Waals surface area contributed by atoms with Crippen molar-refractivity contribution in [3.8, 4) is 0 Å². The Morgan fingerprint density at radius 1 is 1.35 bits per heavy atom. The molecule has 1 atom stereocenters. The molecule has 5 heteroatoms. The first-order valence-corrected chi connectivity index (χ1v) is 6.83. The van der Waals surface area contributed by atoms with Crippen LogP contribution in [0.15, 0.2) is 30.3 Å². The Hall–Kier alpha value is -1.10.